The maximum atomic E-state index is 5.42. The summed E-state index contributed by atoms with van der Waals surface area (Å²) in [7, 11) is 0. The van der Waals surface area contributed by atoms with Crippen molar-refractivity contribution in [1.82, 2.24) is 10.7 Å². The molecule has 0 bridgehead atoms. The standard InChI is InChI=1S/C13H28N4/c1-11(2)10-16-13(17-14)15-9-5-8-12-6-3-4-7-12/h11-12H,3-10,14H2,1-2H3,(H2,15,16,17). The van der Waals surface area contributed by atoms with Crippen LogP contribution in [0.1, 0.15) is 52.4 Å². The SMILES string of the molecule is CC(C)CN=C(NN)NCCCC1CCCC1. The molecule has 0 spiro atoms. The molecule has 0 unspecified atom stereocenters. The Kier molecular flexibility index (Phi) is 7.01. The molecule has 1 fully saturated rings. The van der Waals surface area contributed by atoms with E-state index in [2.05, 4.69) is 29.6 Å². The Hall–Kier alpha value is -0.770. The number of nitrogens with two attached hydrogens (primary N) is 1. The molecule has 0 aromatic carbocycles. The molecule has 100 valence electrons. The van der Waals surface area contributed by atoms with Crippen LogP contribution in [0.3, 0.4) is 0 Å². The first kappa shape index (κ1) is 14.3. The molecule has 0 aliphatic heterocycles. The van der Waals surface area contributed by atoms with Gasteiger partial charge in [-0.1, -0.05) is 39.5 Å². The molecule has 1 saturated carbocycles. The van der Waals surface area contributed by atoms with E-state index in [9.17, 15) is 0 Å². The minimum absolute atomic E-state index is 0.568. The topological polar surface area (TPSA) is 62.4 Å². The second-order valence-corrected chi connectivity index (χ2v) is 5.45. The molecule has 0 amide bonds. The molecule has 0 saturated heterocycles. The van der Waals surface area contributed by atoms with Crippen molar-refractivity contribution in [2.45, 2.75) is 52.4 Å². The van der Waals surface area contributed by atoms with E-state index in [4.69, 9.17) is 5.84 Å². The number of nitrogens with one attached hydrogen (secondary N) is 2. The van der Waals surface area contributed by atoms with Crippen LogP contribution in [0.15, 0.2) is 4.99 Å². The van der Waals surface area contributed by atoms with Crippen LogP contribution in [-0.4, -0.2) is 19.0 Å². The second kappa shape index (κ2) is 8.34. The average Bonchev–Trinajstić information content (AvgIpc) is 2.81. The van der Waals surface area contributed by atoms with Gasteiger partial charge in [0, 0.05) is 13.1 Å². The summed E-state index contributed by atoms with van der Waals surface area (Å²) in [6.07, 6.45) is 8.29. The number of hydrogen-bond acceptors (Lipinski definition) is 2. The number of nitrogens with zero attached hydrogens (tertiary/aromatic N) is 1. The molecular weight excluding hydrogens is 212 g/mol. The molecule has 0 aromatic heterocycles. The molecule has 0 atom stereocenters. The molecule has 0 heterocycles. The number of guanidine groups is 1. The maximum Gasteiger partial charge on any atom is 0.205 e. The van der Waals surface area contributed by atoms with Gasteiger partial charge in [0.25, 0.3) is 0 Å². The maximum absolute atomic E-state index is 5.42. The molecule has 4 nitrogen and oxygen atoms in total. The molecule has 17 heavy (non-hydrogen) atoms. The number of hydrazine groups is 1. The average molecular weight is 240 g/mol. The van der Waals surface area contributed by atoms with Crippen molar-refractivity contribution in [3.63, 3.8) is 0 Å². The van der Waals surface area contributed by atoms with Crippen LogP contribution < -0.4 is 16.6 Å². The highest BCUT2D eigenvalue weighted by atomic mass is 15.3. The predicted molar refractivity (Wildman–Crippen MR) is 73.7 cm³/mol. The third-order valence-electron chi connectivity index (χ3n) is 3.31. The van der Waals surface area contributed by atoms with Crippen molar-refractivity contribution >= 4 is 5.96 Å². The third-order valence-corrected chi connectivity index (χ3v) is 3.31. The molecular formula is C13H28N4. The van der Waals surface area contributed by atoms with Crippen LogP contribution in [0, 0.1) is 11.8 Å². The number of aliphatic imine (C=N–C) groups is 1. The van der Waals surface area contributed by atoms with Crippen molar-refractivity contribution in [3.05, 3.63) is 0 Å². The minimum Gasteiger partial charge on any atom is -0.355 e. The first-order chi connectivity index (χ1) is 8.22. The van der Waals surface area contributed by atoms with Gasteiger partial charge in [-0.05, 0) is 24.7 Å². The summed E-state index contributed by atoms with van der Waals surface area (Å²) in [5.41, 5.74) is 2.62. The smallest absolute Gasteiger partial charge is 0.205 e. The normalized spacial score (nSPS) is 17.8. The monoisotopic (exact) mass is 240 g/mol. The first-order valence-electron chi connectivity index (χ1n) is 6.97. The van der Waals surface area contributed by atoms with E-state index in [1.54, 1.807) is 0 Å². The van der Waals surface area contributed by atoms with E-state index in [0.717, 1.165) is 25.0 Å². The summed E-state index contributed by atoms with van der Waals surface area (Å²) in [5.74, 6) is 7.69. The zero-order chi connectivity index (χ0) is 12.5. The van der Waals surface area contributed by atoms with E-state index in [-0.39, 0.29) is 0 Å². The van der Waals surface area contributed by atoms with Crippen molar-refractivity contribution in [2.24, 2.45) is 22.7 Å². The highest BCUT2D eigenvalue weighted by molar-refractivity contribution is 5.79. The second-order valence-electron chi connectivity index (χ2n) is 5.45. The zero-order valence-electron chi connectivity index (χ0n) is 11.3. The van der Waals surface area contributed by atoms with Crippen LogP contribution in [0.25, 0.3) is 0 Å². The Morgan fingerprint density at radius 1 is 1.35 bits per heavy atom. The summed E-state index contributed by atoms with van der Waals surface area (Å²) >= 11 is 0. The Morgan fingerprint density at radius 2 is 2.06 bits per heavy atom. The lowest BCUT2D eigenvalue weighted by molar-refractivity contribution is 0.481. The van der Waals surface area contributed by atoms with Crippen molar-refractivity contribution in [3.8, 4) is 0 Å². The summed E-state index contributed by atoms with van der Waals surface area (Å²) < 4.78 is 0. The number of hydrogen-bond donors (Lipinski definition) is 3. The van der Waals surface area contributed by atoms with Crippen molar-refractivity contribution < 1.29 is 0 Å². The Labute approximate surface area is 105 Å². The fraction of sp³-hybridized carbons (Fsp3) is 0.923. The molecule has 4 N–H and O–H groups in total. The fourth-order valence-electron chi connectivity index (χ4n) is 2.32. The molecule has 1 rings (SSSR count). The first-order valence-corrected chi connectivity index (χ1v) is 6.97. The van der Waals surface area contributed by atoms with E-state index in [1.807, 2.05) is 0 Å². The molecule has 0 aromatic rings. The summed E-state index contributed by atoms with van der Waals surface area (Å²) in [4.78, 5) is 4.38. The van der Waals surface area contributed by atoms with Gasteiger partial charge in [0.1, 0.15) is 0 Å². The van der Waals surface area contributed by atoms with Crippen molar-refractivity contribution in [2.75, 3.05) is 13.1 Å². The highest BCUT2D eigenvalue weighted by Gasteiger charge is 2.13. The summed E-state index contributed by atoms with van der Waals surface area (Å²) in [5, 5.41) is 3.26. The lowest BCUT2D eigenvalue weighted by Crippen LogP contribution is -2.42. The molecule has 1 aliphatic carbocycles. The molecule has 0 radical (unpaired) electrons. The largest absolute Gasteiger partial charge is 0.355 e. The van der Waals surface area contributed by atoms with Gasteiger partial charge in [-0.3, -0.25) is 10.4 Å². The lowest BCUT2D eigenvalue weighted by atomic mass is 10.0. The van der Waals surface area contributed by atoms with Gasteiger partial charge in [0.05, 0.1) is 0 Å². The fourth-order valence-corrected chi connectivity index (χ4v) is 2.32. The van der Waals surface area contributed by atoms with E-state index in [1.165, 1.54) is 38.5 Å². The molecule has 4 heteroatoms. The quantitative estimate of drug-likeness (QED) is 0.219. The van der Waals surface area contributed by atoms with Gasteiger partial charge in [-0.15, -0.1) is 0 Å². The minimum atomic E-state index is 0.568. The third kappa shape index (κ3) is 6.51. The van der Waals surface area contributed by atoms with Gasteiger partial charge in [-0.25, -0.2) is 5.84 Å². The highest BCUT2D eigenvalue weighted by Crippen LogP contribution is 2.28. The van der Waals surface area contributed by atoms with Crippen LogP contribution in [0.2, 0.25) is 0 Å². The van der Waals surface area contributed by atoms with Gasteiger partial charge in [0.2, 0.25) is 5.96 Å². The van der Waals surface area contributed by atoms with Crippen LogP contribution in [-0.2, 0) is 0 Å². The van der Waals surface area contributed by atoms with Gasteiger partial charge < -0.3 is 5.32 Å². The molecule has 1 aliphatic rings. The zero-order valence-corrected chi connectivity index (χ0v) is 11.3. The van der Waals surface area contributed by atoms with E-state index < -0.39 is 0 Å². The Bertz CT molecular complexity index is 219. The summed E-state index contributed by atoms with van der Waals surface area (Å²) in [6, 6.07) is 0. The van der Waals surface area contributed by atoms with Gasteiger partial charge in [-0.2, -0.15) is 0 Å². The van der Waals surface area contributed by atoms with Crippen LogP contribution >= 0.6 is 0 Å². The van der Waals surface area contributed by atoms with Crippen LogP contribution in [0.4, 0.5) is 0 Å². The van der Waals surface area contributed by atoms with Gasteiger partial charge >= 0.3 is 0 Å². The predicted octanol–water partition coefficient (Wildman–Crippen LogP) is 2.02. The van der Waals surface area contributed by atoms with Crippen LogP contribution in [0.5, 0.6) is 0 Å². The van der Waals surface area contributed by atoms with E-state index >= 15 is 0 Å². The van der Waals surface area contributed by atoms with E-state index in [0.29, 0.717) is 5.92 Å². The Morgan fingerprint density at radius 3 is 2.65 bits per heavy atom. The van der Waals surface area contributed by atoms with Crippen molar-refractivity contribution in [1.29, 1.82) is 0 Å². The van der Waals surface area contributed by atoms with Gasteiger partial charge in [0.15, 0.2) is 0 Å². The lowest BCUT2D eigenvalue weighted by Gasteiger charge is -2.12. The number of rotatable bonds is 6. The summed E-state index contributed by atoms with van der Waals surface area (Å²) in [6.45, 7) is 6.09. The Balaban J connectivity index is 2.08.